The quantitative estimate of drug-likeness (QED) is 0.718. The van der Waals surface area contributed by atoms with Crippen LogP contribution >= 0.6 is 0 Å². The van der Waals surface area contributed by atoms with Crippen LogP contribution in [0.25, 0.3) is 0 Å². The van der Waals surface area contributed by atoms with Gasteiger partial charge in [-0.1, -0.05) is 0 Å². The van der Waals surface area contributed by atoms with Crippen LogP contribution in [0, 0.1) is 0 Å². The Morgan fingerprint density at radius 3 is 3.00 bits per heavy atom. The third-order valence-corrected chi connectivity index (χ3v) is 3.29. The van der Waals surface area contributed by atoms with Crippen LogP contribution in [0.15, 0.2) is 18.2 Å². The number of carbonyl (C=O) groups is 2. The summed E-state index contributed by atoms with van der Waals surface area (Å²) in [6.45, 7) is 0.747. The molecule has 0 aromatic heterocycles. The zero-order valence-corrected chi connectivity index (χ0v) is 10.2. The highest BCUT2D eigenvalue weighted by Gasteiger charge is 2.42. The summed E-state index contributed by atoms with van der Waals surface area (Å²) in [4.78, 5) is 26.3. The average Bonchev–Trinajstić information content (AvgIpc) is 2.66. The van der Waals surface area contributed by atoms with Crippen LogP contribution in [0.4, 0.5) is 16.2 Å². The maximum Gasteiger partial charge on any atom is 0.325 e. The Balaban J connectivity index is 1.95. The van der Waals surface area contributed by atoms with E-state index < -0.39 is 5.91 Å². The molecule has 3 amide bonds. The van der Waals surface area contributed by atoms with Gasteiger partial charge in [0.2, 0.25) is 5.91 Å². The molecule has 7 nitrogen and oxygen atoms in total. The third-order valence-electron chi connectivity index (χ3n) is 3.29. The Bertz CT molecular complexity index is 560. The van der Waals surface area contributed by atoms with Gasteiger partial charge < -0.3 is 21.1 Å². The van der Waals surface area contributed by atoms with Gasteiger partial charge in [-0.2, -0.15) is 0 Å². The number of ether oxygens (including phenoxy) is 1. The number of benzene rings is 1. The first-order valence-electron chi connectivity index (χ1n) is 5.95. The SMILES string of the molecule is NC(=O)CN1CC2COc3ccc(N)cc3N2C1=O. The van der Waals surface area contributed by atoms with Gasteiger partial charge in [-0.25, -0.2) is 4.79 Å². The topological polar surface area (TPSA) is 102 Å². The van der Waals surface area contributed by atoms with Crippen molar-refractivity contribution >= 4 is 23.3 Å². The highest BCUT2D eigenvalue weighted by atomic mass is 16.5. The van der Waals surface area contributed by atoms with Crippen molar-refractivity contribution in [3.05, 3.63) is 18.2 Å². The van der Waals surface area contributed by atoms with Gasteiger partial charge in [0.05, 0.1) is 11.7 Å². The van der Waals surface area contributed by atoms with Crippen molar-refractivity contribution in [3.8, 4) is 5.75 Å². The van der Waals surface area contributed by atoms with E-state index in [0.717, 1.165) is 0 Å². The number of hydrogen-bond donors (Lipinski definition) is 2. The Hall–Kier alpha value is -2.44. The molecule has 1 saturated heterocycles. The summed E-state index contributed by atoms with van der Waals surface area (Å²) in [5, 5.41) is 0. The zero-order chi connectivity index (χ0) is 13.6. The van der Waals surface area contributed by atoms with Crippen LogP contribution in [-0.4, -0.2) is 42.6 Å². The van der Waals surface area contributed by atoms with E-state index in [9.17, 15) is 9.59 Å². The largest absolute Gasteiger partial charge is 0.489 e. The molecule has 1 aromatic carbocycles. The molecule has 1 aromatic rings. The van der Waals surface area contributed by atoms with E-state index in [1.165, 1.54) is 4.90 Å². The van der Waals surface area contributed by atoms with Gasteiger partial charge in [0.1, 0.15) is 18.9 Å². The molecular formula is C12H14N4O3. The van der Waals surface area contributed by atoms with E-state index in [1.807, 2.05) is 0 Å². The summed E-state index contributed by atoms with van der Waals surface area (Å²) in [6.07, 6.45) is 0. The van der Waals surface area contributed by atoms with Crippen molar-refractivity contribution in [2.75, 3.05) is 30.3 Å². The number of carbonyl (C=O) groups excluding carboxylic acids is 2. The van der Waals surface area contributed by atoms with Gasteiger partial charge in [-0.05, 0) is 18.2 Å². The van der Waals surface area contributed by atoms with Crippen molar-refractivity contribution in [1.29, 1.82) is 0 Å². The molecule has 100 valence electrons. The second-order valence-electron chi connectivity index (χ2n) is 4.69. The Morgan fingerprint density at radius 1 is 1.47 bits per heavy atom. The molecule has 1 atom stereocenters. The monoisotopic (exact) mass is 262 g/mol. The lowest BCUT2D eigenvalue weighted by Gasteiger charge is -2.30. The first-order chi connectivity index (χ1) is 9.06. The molecule has 2 heterocycles. The van der Waals surface area contributed by atoms with Crippen LogP contribution in [0.3, 0.4) is 0 Å². The number of urea groups is 1. The fourth-order valence-corrected chi connectivity index (χ4v) is 2.50. The minimum absolute atomic E-state index is 0.0799. The molecule has 4 N–H and O–H groups in total. The lowest BCUT2D eigenvalue weighted by Crippen LogP contribution is -2.42. The van der Waals surface area contributed by atoms with Crippen LogP contribution in [-0.2, 0) is 4.79 Å². The Labute approximate surface area is 109 Å². The lowest BCUT2D eigenvalue weighted by molar-refractivity contribution is -0.118. The number of nitrogens with two attached hydrogens (primary N) is 2. The molecule has 2 aliphatic heterocycles. The van der Waals surface area contributed by atoms with Crippen molar-refractivity contribution in [2.45, 2.75) is 6.04 Å². The summed E-state index contributed by atoms with van der Waals surface area (Å²) < 4.78 is 5.60. The van der Waals surface area contributed by atoms with Gasteiger partial charge in [0.15, 0.2) is 0 Å². The van der Waals surface area contributed by atoms with Crippen LogP contribution < -0.4 is 21.1 Å². The summed E-state index contributed by atoms with van der Waals surface area (Å²) in [6, 6.07) is 4.82. The first-order valence-corrected chi connectivity index (χ1v) is 5.95. The average molecular weight is 262 g/mol. The fourth-order valence-electron chi connectivity index (χ4n) is 2.50. The second-order valence-corrected chi connectivity index (χ2v) is 4.69. The molecule has 2 aliphatic rings. The number of anilines is 2. The predicted octanol–water partition coefficient (Wildman–Crippen LogP) is -0.243. The molecule has 0 radical (unpaired) electrons. The fraction of sp³-hybridized carbons (Fsp3) is 0.333. The van der Waals surface area contributed by atoms with Gasteiger partial charge in [0.25, 0.3) is 0 Å². The van der Waals surface area contributed by atoms with Gasteiger partial charge in [-0.3, -0.25) is 9.69 Å². The lowest BCUT2D eigenvalue weighted by atomic mass is 10.1. The Morgan fingerprint density at radius 2 is 2.26 bits per heavy atom. The van der Waals surface area contributed by atoms with Gasteiger partial charge in [0, 0.05) is 12.2 Å². The van der Waals surface area contributed by atoms with E-state index in [2.05, 4.69) is 0 Å². The summed E-state index contributed by atoms with van der Waals surface area (Å²) in [7, 11) is 0. The number of nitrogens with zero attached hydrogens (tertiary/aromatic N) is 2. The number of primary amides is 1. The van der Waals surface area contributed by atoms with E-state index in [-0.39, 0.29) is 18.6 Å². The summed E-state index contributed by atoms with van der Waals surface area (Å²) >= 11 is 0. The van der Waals surface area contributed by atoms with E-state index >= 15 is 0 Å². The van der Waals surface area contributed by atoms with Crippen LogP contribution in [0.5, 0.6) is 5.75 Å². The molecule has 0 spiro atoms. The summed E-state index contributed by atoms with van der Waals surface area (Å²) in [5.41, 5.74) is 12.1. The standard InChI is InChI=1S/C12H14N4O3/c13-7-1-2-10-9(3-7)16-8(6-19-10)4-15(12(16)18)5-11(14)17/h1-3,8H,4-6,13H2,(H2,14,17). The van der Waals surface area contributed by atoms with Crippen molar-refractivity contribution < 1.29 is 14.3 Å². The van der Waals surface area contributed by atoms with Gasteiger partial charge in [-0.15, -0.1) is 0 Å². The normalized spacial score (nSPS) is 20.8. The molecule has 1 fully saturated rings. The van der Waals surface area contributed by atoms with Crippen LogP contribution in [0.2, 0.25) is 0 Å². The minimum atomic E-state index is -0.526. The molecule has 1 unspecified atom stereocenters. The Kier molecular flexibility index (Phi) is 2.48. The van der Waals surface area contributed by atoms with Crippen molar-refractivity contribution in [3.63, 3.8) is 0 Å². The number of nitrogen functional groups attached to an aromatic ring is 1. The maximum absolute atomic E-state index is 12.3. The zero-order valence-electron chi connectivity index (χ0n) is 10.2. The highest BCUT2D eigenvalue weighted by Crippen LogP contribution is 2.38. The van der Waals surface area contributed by atoms with Gasteiger partial charge >= 0.3 is 6.03 Å². The molecule has 7 heteroatoms. The maximum atomic E-state index is 12.3. The predicted molar refractivity (Wildman–Crippen MR) is 68.8 cm³/mol. The third kappa shape index (κ3) is 1.83. The molecule has 19 heavy (non-hydrogen) atoms. The van der Waals surface area contributed by atoms with E-state index in [1.54, 1.807) is 23.1 Å². The smallest absolute Gasteiger partial charge is 0.325 e. The number of fused-ring (bicyclic) bond motifs is 3. The molecule has 3 rings (SSSR count). The number of rotatable bonds is 2. The molecule has 0 bridgehead atoms. The van der Waals surface area contributed by atoms with Crippen molar-refractivity contribution in [2.24, 2.45) is 5.73 Å². The number of amides is 3. The minimum Gasteiger partial charge on any atom is -0.489 e. The first kappa shape index (κ1) is 11.6. The molecule has 0 aliphatic carbocycles. The molecule has 0 saturated carbocycles. The van der Waals surface area contributed by atoms with Crippen molar-refractivity contribution in [1.82, 2.24) is 4.90 Å². The highest BCUT2D eigenvalue weighted by molar-refractivity contribution is 5.99. The number of hydrogen-bond acceptors (Lipinski definition) is 4. The molecular weight excluding hydrogens is 248 g/mol. The summed E-state index contributed by atoms with van der Waals surface area (Å²) in [5.74, 6) is 0.0987. The van der Waals surface area contributed by atoms with E-state index in [4.69, 9.17) is 16.2 Å². The second kappa shape index (κ2) is 4.04. The van der Waals surface area contributed by atoms with E-state index in [0.29, 0.717) is 30.3 Å². The van der Waals surface area contributed by atoms with Crippen LogP contribution in [0.1, 0.15) is 0 Å².